The molecule has 1 rings (SSSR count). The monoisotopic (exact) mass is 271 g/mol. The van der Waals surface area contributed by atoms with Crippen molar-refractivity contribution in [1.29, 1.82) is 0 Å². The van der Waals surface area contributed by atoms with Gasteiger partial charge < -0.3 is 15.5 Å². The second kappa shape index (κ2) is 8.91. The Labute approximate surface area is 115 Å². The number of likely N-dealkylation sites (N-methyl/N-ethyl adjacent to an activating group) is 2. The molecule has 0 aliphatic carbocycles. The number of anilines is 1. The van der Waals surface area contributed by atoms with Crippen LogP contribution in [0.5, 0.6) is 0 Å². The molecule has 2 N–H and O–H groups in total. The number of halogens is 1. The molecule has 0 bridgehead atoms. The summed E-state index contributed by atoms with van der Waals surface area (Å²) in [6.07, 6.45) is 0. The minimum Gasteiger partial charge on any atom is -0.326 e. The third kappa shape index (κ3) is 6.59. The van der Waals surface area contributed by atoms with Crippen LogP contribution in [0.15, 0.2) is 24.3 Å². The first-order valence-electron chi connectivity index (χ1n) is 5.81. The minimum atomic E-state index is -0.0381. The summed E-state index contributed by atoms with van der Waals surface area (Å²) >= 11 is 0. The van der Waals surface area contributed by atoms with Crippen LogP contribution in [-0.4, -0.2) is 38.0 Å². The van der Waals surface area contributed by atoms with Gasteiger partial charge >= 0.3 is 0 Å². The number of hydrogen-bond acceptors (Lipinski definition) is 3. The molecule has 0 heterocycles. The van der Waals surface area contributed by atoms with Gasteiger partial charge in [-0.25, -0.2) is 0 Å². The molecule has 0 aromatic heterocycles. The largest absolute Gasteiger partial charge is 0.326 e. The second-order valence-electron chi connectivity index (χ2n) is 4.22. The topological polar surface area (TPSA) is 44.4 Å². The highest BCUT2D eigenvalue weighted by Crippen LogP contribution is 2.10. The van der Waals surface area contributed by atoms with Crippen molar-refractivity contribution in [3.63, 3.8) is 0 Å². The van der Waals surface area contributed by atoms with Gasteiger partial charge in [0.25, 0.3) is 0 Å². The lowest BCUT2D eigenvalue weighted by Crippen LogP contribution is -2.26. The van der Waals surface area contributed by atoms with Crippen LogP contribution < -0.4 is 10.6 Å². The van der Waals surface area contributed by atoms with E-state index in [0.717, 1.165) is 25.3 Å². The molecular formula is C13H22ClN3O. The standard InChI is InChI=1S/C13H21N3O.ClH/c1-11(17)15-13-6-4-12(5-7-13)10-16(3)9-8-14-2;/h4-7,14H,8-10H2,1-3H3,(H,15,17);1H. The first-order chi connectivity index (χ1) is 8.11. The Kier molecular flexibility index (Phi) is 8.37. The normalized spacial score (nSPS) is 10.0. The molecule has 5 heteroatoms. The maximum atomic E-state index is 10.9. The molecule has 1 aromatic carbocycles. The first kappa shape index (κ1) is 16.9. The van der Waals surface area contributed by atoms with Crippen molar-refractivity contribution in [1.82, 2.24) is 10.2 Å². The van der Waals surface area contributed by atoms with Gasteiger partial charge in [-0.3, -0.25) is 4.79 Å². The number of hydrogen-bond donors (Lipinski definition) is 2. The maximum absolute atomic E-state index is 10.9. The van der Waals surface area contributed by atoms with E-state index in [4.69, 9.17) is 0 Å². The van der Waals surface area contributed by atoms with E-state index in [1.54, 1.807) is 0 Å². The molecule has 0 aliphatic heterocycles. The van der Waals surface area contributed by atoms with Crippen LogP contribution in [0.4, 0.5) is 5.69 Å². The van der Waals surface area contributed by atoms with E-state index in [-0.39, 0.29) is 18.3 Å². The predicted molar refractivity (Wildman–Crippen MR) is 78.3 cm³/mol. The summed E-state index contributed by atoms with van der Waals surface area (Å²) < 4.78 is 0. The van der Waals surface area contributed by atoms with E-state index in [0.29, 0.717) is 0 Å². The Bertz CT molecular complexity index is 354. The number of nitrogens with one attached hydrogen (secondary N) is 2. The van der Waals surface area contributed by atoms with Gasteiger partial charge in [0.15, 0.2) is 0 Å². The summed E-state index contributed by atoms with van der Waals surface area (Å²) in [5.41, 5.74) is 2.09. The van der Waals surface area contributed by atoms with Crippen molar-refractivity contribution in [2.24, 2.45) is 0 Å². The highest BCUT2D eigenvalue weighted by atomic mass is 35.5. The summed E-state index contributed by atoms with van der Waals surface area (Å²) in [5, 5.41) is 5.88. The summed E-state index contributed by atoms with van der Waals surface area (Å²) in [6, 6.07) is 7.95. The van der Waals surface area contributed by atoms with E-state index in [9.17, 15) is 4.79 Å². The molecule has 0 aliphatic rings. The van der Waals surface area contributed by atoms with E-state index in [1.807, 2.05) is 31.3 Å². The van der Waals surface area contributed by atoms with Crippen LogP contribution in [0.2, 0.25) is 0 Å². The molecule has 0 saturated heterocycles. The molecule has 0 radical (unpaired) electrons. The molecule has 18 heavy (non-hydrogen) atoms. The SMILES string of the molecule is CNCCN(C)Cc1ccc(NC(C)=O)cc1.Cl. The molecule has 0 unspecified atom stereocenters. The predicted octanol–water partition coefficient (Wildman–Crippen LogP) is 1.72. The van der Waals surface area contributed by atoms with Gasteiger partial charge in [0.2, 0.25) is 5.91 Å². The van der Waals surface area contributed by atoms with Crippen LogP contribution >= 0.6 is 12.4 Å². The maximum Gasteiger partial charge on any atom is 0.221 e. The van der Waals surface area contributed by atoms with Crippen LogP contribution in [0.3, 0.4) is 0 Å². The minimum absolute atomic E-state index is 0. The van der Waals surface area contributed by atoms with Crippen LogP contribution in [0.1, 0.15) is 12.5 Å². The van der Waals surface area contributed by atoms with Crippen molar-refractivity contribution in [3.05, 3.63) is 29.8 Å². The van der Waals surface area contributed by atoms with Gasteiger partial charge in [-0.1, -0.05) is 12.1 Å². The van der Waals surface area contributed by atoms with Gasteiger partial charge in [-0.05, 0) is 31.8 Å². The Morgan fingerprint density at radius 2 is 1.89 bits per heavy atom. The number of amides is 1. The average molecular weight is 272 g/mol. The van der Waals surface area contributed by atoms with Gasteiger partial charge in [-0.2, -0.15) is 0 Å². The zero-order valence-corrected chi connectivity index (χ0v) is 12.0. The lowest BCUT2D eigenvalue weighted by atomic mass is 10.2. The molecule has 4 nitrogen and oxygen atoms in total. The second-order valence-corrected chi connectivity index (χ2v) is 4.22. The van der Waals surface area contributed by atoms with Crippen molar-refractivity contribution in [3.8, 4) is 0 Å². The van der Waals surface area contributed by atoms with Crippen molar-refractivity contribution >= 4 is 24.0 Å². The quantitative estimate of drug-likeness (QED) is 0.828. The molecular weight excluding hydrogens is 250 g/mol. The molecule has 0 spiro atoms. The fourth-order valence-electron chi connectivity index (χ4n) is 1.59. The van der Waals surface area contributed by atoms with Crippen LogP contribution in [-0.2, 0) is 11.3 Å². The number of nitrogens with zero attached hydrogens (tertiary/aromatic N) is 1. The molecule has 0 saturated carbocycles. The molecule has 0 fully saturated rings. The van der Waals surface area contributed by atoms with Gasteiger partial charge in [0.05, 0.1) is 0 Å². The highest BCUT2D eigenvalue weighted by Gasteiger charge is 2.00. The molecule has 1 aromatic rings. The summed E-state index contributed by atoms with van der Waals surface area (Å²) in [7, 11) is 4.05. The Morgan fingerprint density at radius 3 is 2.39 bits per heavy atom. The van der Waals surface area contributed by atoms with E-state index >= 15 is 0 Å². The zero-order chi connectivity index (χ0) is 12.7. The third-order valence-electron chi connectivity index (χ3n) is 2.47. The lowest BCUT2D eigenvalue weighted by Gasteiger charge is -2.16. The van der Waals surface area contributed by atoms with Crippen molar-refractivity contribution in [2.75, 3.05) is 32.5 Å². The van der Waals surface area contributed by atoms with E-state index < -0.39 is 0 Å². The number of rotatable bonds is 6. The number of carbonyl (C=O) groups is 1. The first-order valence-corrected chi connectivity index (χ1v) is 5.81. The summed E-state index contributed by atoms with van der Waals surface area (Å²) in [4.78, 5) is 13.1. The lowest BCUT2D eigenvalue weighted by molar-refractivity contribution is -0.114. The van der Waals surface area contributed by atoms with Crippen LogP contribution in [0, 0.1) is 0 Å². The molecule has 1 amide bonds. The third-order valence-corrected chi connectivity index (χ3v) is 2.47. The smallest absolute Gasteiger partial charge is 0.221 e. The highest BCUT2D eigenvalue weighted by molar-refractivity contribution is 5.88. The molecule has 102 valence electrons. The fourth-order valence-corrected chi connectivity index (χ4v) is 1.59. The zero-order valence-electron chi connectivity index (χ0n) is 11.2. The van der Waals surface area contributed by atoms with Crippen molar-refractivity contribution in [2.45, 2.75) is 13.5 Å². The summed E-state index contributed by atoms with van der Waals surface area (Å²) in [6.45, 7) is 4.44. The Hall–Kier alpha value is -1.10. The summed E-state index contributed by atoms with van der Waals surface area (Å²) in [5.74, 6) is -0.0381. The Balaban J connectivity index is 0.00000289. The van der Waals surface area contributed by atoms with Gasteiger partial charge in [0, 0.05) is 32.2 Å². The van der Waals surface area contributed by atoms with Gasteiger partial charge in [0.1, 0.15) is 0 Å². The van der Waals surface area contributed by atoms with E-state index in [2.05, 4.69) is 22.6 Å². The van der Waals surface area contributed by atoms with Crippen LogP contribution in [0.25, 0.3) is 0 Å². The van der Waals surface area contributed by atoms with E-state index in [1.165, 1.54) is 12.5 Å². The number of benzene rings is 1. The number of carbonyl (C=O) groups excluding carboxylic acids is 1. The van der Waals surface area contributed by atoms with Crippen molar-refractivity contribution < 1.29 is 4.79 Å². The Morgan fingerprint density at radius 1 is 1.28 bits per heavy atom. The average Bonchev–Trinajstić information content (AvgIpc) is 2.28. The fraction of sp³-hybridized carbons (Fsp3) is 0.462. The van der Waals surface area contributed by atoms with Gasteiger partial charge in [-0.15, -0.1) is 12.4 Å². The molecule has 0 atom stereocenters.